The number of nitro benzene ring substituents is 1. The summed E-state index contributed by atoms with van der Waals surface area (Å²) in [5.41, 5.74) is 12.6. The molecule has 1 aromatic heterocycles. The number of ether oxygens (including phenoxy) is 1. The zero-order chi connectivity index (χ0) is 32.0. The Balaban J connectivity index is 0.00000180. The molecule has 260 valence electrons. The molecule has 1 fully saturated rings. The van der Waals surface area contributed by atoms with Gasteiger partial charge in [-0.3, -0.25) is 15.0 Å². The SMILES string of the molecule is C[C@@H]1C[C@@H](OC(=O)c2ccc([N+](=O)[O-])cc2)c2ncnc(N3CC4(CCN(Cc5ccccc5)CC4)c4c3ccc(Cl)c4CN)c21.Cl.Cl.Cl. The lowest BCUT2D eigenvalue weighted by atomic mass is 9.72. The normalized spacial score (nSPS) is 18.8. The topological polar surface area (TPSA) is 128 Å². The molecule has 7 rings (SSSR count). The Kier molecular flexibility index (Phi) is 12.2. The average molecular weight is 749 g/mol. The molecular weight excluding hydrogens is 710 g/mol. The van der Waals surface area contributed by atoms with Crippen LogP contribution in [0.1, 0.15) is 76.5 Å². The second kappa shape index (κ2) is 15.6. The molecule has 0 unspecified atom stereocenters. The molecule has 0 amide bonds. The van der Waals surface area contributed by atoms with Gasteiger partial charge in [-0.2, -0.15) is 0 Å². The summed E-state index contributed by atoms with van der Waals surface area (Å²) >= 11 is 6.78. The third-order valence-electron chi connectivity index (χ3n) is 9.86. The number of aromatic nitrogens is 2. The number of non-ortho nitro benzene ring substituents is 1. The van der Waals surface area contributed by atoms with Crippen molar-refractivity contribution in [1.82, 2.24) is 14.9 Å². The van der Waals surface area contributed by atoms with Crippen molar-refractivity contribution in [3.05, 3.63) is 122 Å². The number of nitrogens with two attached hydrogens (primary N) is 1. The van der Waals surface area contributed by atoms with Gasteiger partial charge in [-0.25, -0.2) is 14.8 Å². The Labute approximate surface area is 308 Å². The Hall–Kier alpha value is -3.51. The van der Waals surface area contributed by atoms with E-state index in [1.807, 2.05) is 12.1 Å². The summed E-state index contributed by atoms with van der Waals surface area (Å²) in [5, 5.41) is 11.7. The number of rotatable bonds is 7. The highest BCUT2D eigenvalue weighted by atomic mass is 35.5. The number of benzene rings is 3. The Morgan fingerprint density at radius 3 is 2.39 bits per heavy atom. The van der Waals surface area contributed by atoms with Crippen molar-refractivity contribution in [2.24, 2.45) is 5.73 Å². The summed E-state index contributed by atoms with van der Waals surface area (Å²) in [5.74, 6) is 0.312. The lowest BCUT2D eigenvalue weighted by Gasteiger charge is -2.40. The number of carbonyl (C=O) groups is 1. The fraction of sp³-hybridized carbons (Fsp3) is 0.343. The first-order valence-corrected chi connectivity index (χ1v) is 16.0. The van der Waals surface area contributed by atoms with Crippen LogP contribution in [0.2, 0.25) is 5.02 Å². The minimum atomic E-state index is -0.559. The molecule has 0 bridgehead atoms. The van der Waals surface area contributed by atoms with Gasteiger partial charge in [0.15, 0.2) is 0 Å². The van der Waals surface area contributed by atoms with Crippen LogP contribution in [0.25, 0.3) is 0 Å². The summed E-state index contributed by atoms with van der Waals surface area (Å²) < 4.78 is 5.95. The lowest BCUT2D eigenvalue weighted by molar-refractivity contribution is -0.384. The quantitative estimate of drug-likeness (QED) is 0.114. The van der Waals surface area contributed by atoms with Gasteiger partial charge in [0.2, 0.25) is 0 Å². The van der Waals surface area contributed by atoms with Gasteiger partial charge in [0.1, 0.15) is 18.2 Å². The predicted molar refractivity (Wildman–Crippen MR) is 197 cm³/mol. The van der Waals surface area contributed by atoms with Gasteiger partial charge >= 0.3 is 5.97 Å². The molecule has 3 heterocycles. The minimum absolute atomic E-state index is 0. The molecule has 1 saturated heterocycles. The van der Waals surface area contributed by atoms with Crippen molar-refractivity contribution in [2.75, 3.05) is 24.5 Å². The van der Waals surface area contributed by atoms with Gasteiger partial charge in [0, 0.05) is 53.5 Å². The van der Waals surface area contributed by atoms with E-state index < -0.39 is 17.0 Å². The first-order valence-electron chi connectivity index (χ1n) is 15.6. The number of halogens is 4. The fourth-order valence-electron chi connectivity index (χ4n) is 7.59. The van der Waals surface area contributed by atoms with Crippen molar-refractivity contribution in [3.8, 4) is 0 Å². The van der Waals surface area contributed by atoms with Crippen LogP contribution in [0.3, 0.4) is 0 Å². The zero-order valence-corrected chi connectivity index (χ0v) is 30.0. The number of hydrogen-bond donors (Lipinski definition) is 1. The molecule has 14 heteroatoms. The fourth-order valence-corrected chi connectivity index (χ4v) is 7.82. The van der Waals surface area contributed by atoms with Crippen LogP contribution >= 0.6 is 48.8 Å². The van der Waals surface area contributed by atoms with Gasteiger partial charge < -0.3 is 15.4 Å². The second-order valence-electron chi connectivity index (χ2n) is 12.6. The number of carbonyl (C=O) groups excluding carboxylic acids is 1. The molecule has 2 atom stereocenters. The summed E-state index contributed by atoms with van der Waals surface area (Å²) in [7, 11) is 0. The first-order chi connectivity index (χ1) is 22.3. The molecule has 3 aliphatic rings. The highest BCUT2D eigenvalue weighted by molar-refractivity contribution is 6.31. The maximum Gasteiger partial charge on any atom is 0.338 e. The van der Waals surface area contributed by atoms with Gasteiger partial charge in [-0.05, 0) is 79.2 Å². The zero-order valence-electron chi connectivity index (χ0n) is 26.8. The standard InChI is InChI=1S/C35H35ClN6O4.3ClH/c1-22-17-29(46-34(43)24-7-9-25(10-8-24)42(44)45)32-30(22)33(39-21-38-32)41-20-35(31-26(18-37)27(36)11-12-28(31)41)13-15-40(16-14-35)19-23-5-3-2-4-6-23;;;/h2-12,21-22,29H,13-20,37H2,1H3;3*1H/t22-,29-;;;/m1.../s1. The maximum atomic E-state index is 13.1. The minimum Gasteiger partial charge on any atom is -0.452 e. The molecule has 49 heavy (non-hydrogen) atoms. The molecular formula is C35H38Cl4N6O4. The van der Waals surface area contributed by atoms with Gasteiger partial charge in [0.25, 0.3) is 5.69 Å². The van der Waals surface area contributed by atoms with E-state index in [0.717, 1.165) is 61.7 Å². The van der Waals surface area contributed by atoms with Crippen LogP contribution in [-0.2, 0) is 23.2 Å². The number of hydrogen-bond acceptors (Lipinski definition) is 9. The van der Waals surface area contributed by atoms with Crippen molar-refractivity contribution in [3.63, 3.8) is 0 Å². The van der Waals surface area contributed by atoms with Crippen LogP contribution in [0.4, 0.5) is 17.2 Å². The lowest BCUT2D eigenvalue weighted by Crippen LogP contribution is -2.45. The van der Waals surface area contributed by atoms with Gasteiger partial charge in [0.05, 0.1) is 16.2 Å². The van der Waals surface area contributed by atoms with Crippen molar-refractivity contribution in [1.29, 1.82) is 0 Å². The third-order valence-corrected chi connectivity index (χ3v) is 10.2. The van der Waals surface area contributed by atoms with E-state index in [-0.39, 0.29) is 59.8 Å². The van der Waals surface area contributed by atoms with Gasteiger partial charge in [-0.15, -0.1) is 37.2 Å². The summed E-state index contributed by atoms with van der Waals surface area (Å²) in [6.07, 6.45) is 3.49. The van der Waals surface area contributed by atoms with Crippen LogP contribution in [-0.4, -0.2) is 45.4 Å². The molecule has 2 aliphatic heterocycles. The molecule has 10 nitrogen and oxygen atoms in total. The monoisotopic (exact) mass is 746 g/mol. The number of anilines is 2. The largest absolute Gasteiger partial charge is 0.452 e. The van der Waals surface area contributed by atoms with Crippen molar-refractivity contribution >= 4 is 72.0 Å². The van der Waals surface area contributed by atoms with E-state index >= 15 is 0 Å². The Morgan fingerprint density at radius 2 is 1.73 bits per heavy atom. The van der Waals surface area contributed by atoms with Gasteiger partial charge in [-0.1, -0.05) is 48.9 Å². The maximum absolute atomic E-state index is 13.1. The number of fused-ring (bicyclic) bond motifs is 3. The number of nitro groups is 1. The van der Waals surface area contributed by atoms with Crippen LogP contribution < -0.4 is 10.6 Å². The summed E-state index contributed by atoms with van der Waals surface area (Å²) in [6.45, 7) is 6.04. The second-order valence-corrected chi connectivity index (χ2v) is 13.0. The molecule has 0 radical (unpaired) electrons. The number of nitrogens with zero attached hydrogens (tertiary/aromatic N) is 5. The van der Waals surface area contributed by atoms with E-state index in [9.17, 15) is 14.9 Å². The van der Waals surface area contributed by atoms with Crippen LogP contribution in [0, 0.1) is 10.1 Å². The van der Waals surface area contributed by atoms with E-state index in [1.54, 1.807) is 6.33 Å². The van der Waals surface area contributed by atoms with E-state index in [2.05, 4.69) is 52.0 Å². The molecule has 3 aromatic carbocycles. The predicted octanol–water partition coefficient (Wildman–Crippen LogP) is 7.85. The Morgan fingerprint density at radius 1 is 1.04 bits per heavy atom. The number of esters is 1. The average Bonchev–Trinajstić information content (AvgIpc) is 3.56. The summed E-state index contributed by atoms with van der Waals surface area (Å²) in [4.78, 5) is 37.9. The number of likely N-dealkylation sites (tertiary alicyclic amines) is 1. The Bertz CT molecular complexity index is 1810. The molecule has 0 saturated carbocycles. The number of piperidine rings is 1. The van der Waals surface area contributed by atoms with Crippen molar-refractivity contribution in [2.45, 2.75) is 56.7 Å². The highest BCUT2D eigenvalue weighted by Crippen LogP contribution is 2.54. The van der Waals surface area contributed by atoms with E-state index in [4.69, 9.17) is 27.1 Å². The molecule has 1 spiro atoms. The summed E-state index contributed by atoms with van der Waals surface area (Å²) in [6, 6.07) is 20.0. The molecule has 1 aliphatic carbocycles. The third kappa shape index (κ3) is 7.08. The smallest absolute Gasteiger partial charge is 0.338 e. The van der Waals surface area contributed by atoms with Crippen LogP contribution in [0.15, 0.2) is 73.1 Å². The molecule has 2 N–H and O–H groups in total. The highest BCUT2D eigenvalue weighted by Gasteiger charge is 2.48. The molecule has 4 aromatic rings. The van der Waals surface area contributed by atoms with E-state index in [0.29, 0.717) is 23.7 Å². The van der Waals surface area contributed by atoms with Crippen LogP contribution in [0.5, 0.6) is 0 Å². The van der Waals surface area contributed by atoms with E-state index in [1.165, 1.54) is 35.4 Å². The van der Waals surface area contributed by atoms with Crippen molar-refractivity contribution < 1.29 is 14.5 Å². The first kappa shape index (κ1) is 38.3.